The van der Waals surface area contributed by atoms with E-state index in [1.165, 1.54) is 0 Å². The third kappa shape index (κ3) is 6.26. The van der Waals surface area contributed by atoms with Gasteiger partial charge in [-0.3, -0.25) is 4.79 Å². The van der Waals surface area contributed by atoms with Crippen LogP contribution in [0.1, 0.15) is 40.4 Å². The number of carbonyl (C=O) groups excluding carboxylic acids is 1. The Kier molecular flexibility index (Phi) is 8.62. The monoisotopic (exact) mass is 502 g/mol. The summed E-state index contributed by atoms with van der Waals surface area (Å²) in [5.74, 6) is 1.71. The minimum Gasteiger partial charge on any atom is -0.508 e. The molecule has 4 aromatic rings. The van der Waals surface area contributed by atoms with E-state index >= 15 is 0 Å². The quantitative estimate of drug-likeness (QED) is 0.260. The Balaban J connectivity index is 1.34. The number of nitrogens with zero attached hydrogens (tertiary/aromatic N) is 3. The lowest BCUT2D eigenvalue weighted by Gasteiger charge is -2.19. The van der Waals surface area contributed by atoms with Crippen LogP contribution in [0.5, 0.6) is 5.75 Å². The minimum atomic E-state index is -0.261. The van der Waals surface area contributed by atoms with Crippen molar-refractivity contribution >= 4 is 23.4 Å². The minimum absolute atomic E-state index is 0.117. The van der Waals surface area contributed by atoms with E-state index < -0.39 is 0 Å². The molecule has 0 aliphatic carbocycles. The Hall–Kier alpha value is -3.78. The van der Waals surface area contributed by atoms with Crippen LogP contribution < -0.4 is 10.2 Å². The van der Waals surface area contributed by atoms with Crippen LogP contribution >= 0.6 is 11.8 Å². The topological polar surface area (TPSA) is 91.5 Å². The maximum absolute atomic E-state index is 12.6. The zero-order valence-corrected chi connectivity index (χ0v) is 21.2. The Labute approximate surface area is 215 Å². The summed E-state index contributed by atoms with van der Waals surface area (Å²) in [5.41, 5.74) is 3.20. The molecule has 2 N–H and O–H groups in total. The van der Waals surface area contributed by atoms with Gasteiger partial charge in [0.15, 0.2) is 0 Å². The molecule has 0 spiro atoms. The van der Waals surface area contributed by atoms with Crippen LogP contribution in [0.25, 0.3) is 11.5 Å². The van der Waals surface area contributed by atoms with Crippen LogP contribution in [0.3, 0.4) is 0 Å². The molecule has 1 heterocycles. The summed E-state index contributed by atoms with van der Waals surface area (Å²) >= 11 is 1.61. The van der Waals surface area contributed by atoms with E-state index in [0.717, 1.165) is 35.5 Å². The largest absolute Gasteiger partial charge is 0.508 e. The van der Waals surface area contributed by atoms with Crippen molar-refractivity contribution < 1.29 is 14.3 Å². The van der Waals surface area contributed by atoms with Crippen molar-refractivity contribution in [3.05, 3.63) is 95.9 Å². The number of amides is 1. The zero-order valence-electron chi connectivity index (χ0n) is 20.4. The molecule has 1 atom stereocenters. The maximum atomic E-state index is 12.6. The second kappa shape index (κ2) is 12.3. The number of benzene rings is 3. The molecule has 0 saturated heterocycles. The predicted molar refractivity (Wildman–Crippen MR) is 144 cm³/mol. The van der Waals surface area contributed by atoms with Gasteiger partial charge in [-0.05, 0) is 54.6 Å². The van der Waals surface area contributed by atoms with Crippen LogP contribution in [0.2, 0.25) is 0 Å². The molecular formula is C28H30N4O3S. The number of phenolic OH excluding ortho intramolecular Hbond substituents is 1. The van der Waals surface area contributed by atoms with Crippen molar-refractivity contribution in [2.75, 3.05) is 30.8 Å². The van der Waals surface area contributed by atoms with Crippen LogP contribution in [0, 0.1) is 0 Å². The smallest absolute Gasteiger partial charge is 0.251 e. The van der Waals surface area contributed by atoms with Gasteiger partial charge in [-0.15, -0.1) is 22.0 Å². The molecule has 0 aliphatic rings. The standard InChI is InChI=1S/C28H30N4O3S/c1-3-36-25(23-12-7-8-13-24(23)33)28-31-30-27(35-28)21-16-14-20(15-17-21)26(34)29-18-9-19-32(2)22-10-5-4-6-11-22/h4-8,10-17,25,33H,3,9,18-19H2,1-2H3,(H,29,34). The average Bonchev–Trinajstić information content (AvgIpc) is 3.41. The van der Waals surface area contributed by atoms with Crippen molar-refractivity contribution in [2.45, 2.75) is 18.6 Å². The molecule has 0 radical (unpaired) electrons. The van der Waals surface area contributed by atoms with Gasteiger partial charge in [0, 0.05) is 42.5 Å². The van der Waals surface area contributed by atoms with Crippen LogP contribution in [0.4, 0.5) is 5.69 Å². The lowest BCUT2D eigenvalue weighted by atomic mass is 10.1. The van der Waals surface area contributed by atoms with Crippen LogP contribution in [-0.2, 0) is 0 Å². The van der Waals surface area contributed by atoms with Gasteiger partial charge in [0.2, 0.25) is 11.8 Å². The number of anilines is 1. The summed E-state index contributed by atoms with van der Waals surface area (Å²) in [7, 11) is 2.05. The molecule has 1 unspecified atom stereocenters. The number of aromatic hydroxyl groups is 1. The van der Waals surface area contributed by atoms with E-state index in [1.807, 2.05) is 44.3 Å². The summed E-state index contributed by atoms with van der Waals surface area (Å²) in [5, 5.41) is 21.5. The van der Waals surface area contributed by atoms with E-state index in [-0.39, 0.29) is 16.9 Å². The van der Waals surface area contributed by atoms with Gasteiger partial charge in [0.1, 0.15) is 11.0 Å². The fraction of sp³-hybridized carbons (Fsp3) is 0.250. The molecule has 0 fully saturated rings. The summed E-state index contributed by atoms with van der Waals surface area (Å²) in [6.45, 7) is 3.48. The molecule has 4 rings (SSSR count). The van der Waals surface area contributed by atoms with Crippen molar-refractivity contribution in [2.24, 2.45) is 0 Å². The number of rotatable bonds is 11. The van der Waals surface area contributed by atoms with Gasteiger partial charge in [-0.2, -0.15) is 0 Å². The summed E-state index contributed by atoms with van der Waals surface area (Å²) in [6, 6.07) is 24.5. The highest BCUT2D eigenvalue weighted by Gasteiger charge is 2.24. The lowest BCUT2D eigenvalue weighted by Crippen LogP contribution is -2.28. The first-order valence-corrected chi connectivity index (χ1v) is 13.0. The Bertz CT molecular complexity index is 1260. The third-order valence-electron chi connectivity index (χ3n) is 5.76. The van der Waals surface area contributed by atoms with Gasteiger partial charge in [0.25, 0.3) is 5.91 Å². The molecule has 0 bridgehead atoms. The summed E-state index contributed by atoms with van der Waals surface area (Å²) < 4.78 is 5.97. The van der Waals surface area contributed by atoms with Crippen molar-refractivity contribution in [1.29, 1.82) is 0 Å². The molecule has 0 saturated carbocycles. The average molecular weight is 503 g/mol. The Morgan fingerprint density at radius 3 is 2.47 bits per heavy atom. The number of phenols is 1. The summed E-state index contributed by atoms with van der Waals surface area (Å²) in [4.78, 5) is 14.7. The molecule has 1 aromatic heterocycles. The first-order chi connectivity index (χ1) is 17.6. The number of aromatic nitrogens is 2. The van der Waals surface area contributed by atoms with Gasteiger partial charge < -0.3 is 19.7 Å². The van der Waals surface area contributed by atoms with Crippen LogP contribution in [-0.4, -0.2) is 47.1 Å². The molecule has 8 heteroatoms. The fourth-order valence-electron chi connectivity index (χ4n) is 3.82. The zero-order chi connectivity index (χ0) is 25.3. The predicted octanol–water partition coefficient (Wildman–Crippen LogP) is 5.54. The Morgan fingerprint density at radius 1 is 1.03 bits per heavy atom. The molecular weight excluding hydrogens is 472 g/mol. The van der Waals surface area contributed by atoms with Crippen molar-refractivity contribution in [3.63, 3.8) is 0 Å². The second-order valence-electron chi connectivity index (χ2n) is 8.28. The normalized spacial score (nSPS) is 11.7. The van der Waals surface area contributed by atoms with Gasteiger partial charge in [0.05, 0.1) is 0 Å². The number of hydrogen-bond acceptors (Lipinski definition) is 7. The van der Waals surface area contributed by atoms with E-state index in [0.29, 0.717) is 23.9 Å². The number of carbonyl (C=O) groups is 1. The van der Waals surface area contributed by atoms with E-state index in [2.05, 4.69) is 32.5 Å². The van der Waals surface area contributed by atoms with E-state index in [9.17, 15) is 9.90 Å². The van der Waals surface area contributed by atoms with Gasteiger partial charge in [-0.1, -0.05) is 43.3 Å². The molecule has 7 nitrogen and oxygen atoms in total. The molecule has 0 aliphatic heterocycles. The third-order valence-corrected chi connectivity index (χ3v) is 6.89. The van der Waals surface area contributed by atoms with Gasteiger partial charge in [-0.25, -0.2) is 0 Å². The fourth-order valence-corrected chi connectivity index (χ4v) is 4.77. The number of hydrogen-bond donors (Lipinski definition) is 2. The number of thioether (sulfide) groups is 1. The molecule has 1 amide bonds. The van der Waals surface area contributed by atoms with Crippen molar-refractivity contribution in [3.8, 4) is 17.2 Å². The summed E-state index contributed by atoms with van der Waals surface area (Å²) in [6.07, 6.45) is 0.841. The number of nitrogens with one attached hydrogen (secondary N) is 1. The molecule has 186 valence electrons. The molecule has 3 aromatic carbocycles. The lowest BCUT2D eigenvalue weighted by molar-refractivity contribution is 0.0953. The van der Waals surface area contributed by atoms with Crippen molar-refractivity contribution in [1.82, 2.24) is 15.5 Å². The molecule has 36 heavy (non-hydrogen) atoms. The highest BCUT2D eigenvalue weighted by Crippen LogP contribution is 2.39. The van der Waals surface area contributed by atoms with E-state index in [1.54, 1.807) is 48.2 Å². The first kappa shape index (κ1) is 25.3. The highest BCUT2D eigenvalue weighted by atomic mass is 32.2. The van der Waals surface area contributed by atoms with Crippen LogP contribution in [0.15, 0.2) is 83.3 Å². The highest BCUT2D eigenvalue weighted by molar-refractivity contribution is 7.99. The first-order valence-electron chi connectivity index (χ1n) is 11.9. The SMILES string of the molecule is CCSC(c1nnc(-c2ccc(C(=O)NCCCN(C)c3ccccc3)cc2)o1)c1ccccc1O. The van der Waals surface area contributed by atoms with E-state index in [4.69, 9.17) is 4.42 Å². The Morgan fingerprint density at radius 2 is 1.75 bits per heavy atom. The second-order valence-corrected chi connectivity index (χ2v) is 9.67. The maximum Gasteiger partial charge on any atom is 0.251 e. The number of para-hydroxylation sites is 2. The van der Waals surface area contributed by atoms with Gasteiger partial charge >= 0.3 is 0 Å².